The first-order valence-corrected chi connectivity index (χ1v) is 7.86. The summed E-state index contributed by atoms with van der Waals surface area (Å²) >= 11 is 0. The predicted octanol–water partition coefficient (Wildman–Crippen LogP) is 2.83. The van der Waals surface area contributed by atoms with Crippen LogP contribution in [0.25, 0.3) is 0 Å². The number of aliphatic imine (C=N–C) groups is 1. The summed E-state index contributed by atoms with van der Waals surface area (Å²) in [6.07, 6.45) is 0. The average molecular weight is 330 g/mol. The molecule has 0 fully saturated rings. The van der Waals surface area contributed by atoms with Gasteiger partial charge in [0, 0.05) is 26.2 Å². The van der Waals surface area contributed by atoms with Gasteiger partial charge in [0.2, 0.25) is 5.88 Å². The Labute approximate surface area is 142 Å². The van der Waals surface area contributed by atoms with Crippen molar-refractivity contribution >= 4 is 5.96 Å². The minimum Gasteiger partial charge on any atom is -0.481 e. The number of nitrogens with one attached hydrogen (secondary N) is 1. The minimum absolute atomic E-state index is 0.230. The smallest absolute Gasteiger partial charge is 0.213 e. The third kappa shape index (κ3) is 5.22. The van der Waals surface area contributed by atoms with Crippen LogP contribution in [0.2, 0.25) is 0 Å². The van der Waals surface area contributed by atoms with Crippen molar-refractivity contribution in [3.63, 3.8) is 0 Å². The number of hydrogen-bond acceptors (Lipinski definition) is 3. The Morgan fingerprint density at radius 2 is 2.00 bits per heavy atom. The van der Waals surface area contributed by atoms with Crippen LogP contribution in [-0.4, -0.2) is 36.5 Å². The molecule has 0 atom stereocenters. The fourth-order valence-corrected chi connectivity index (χ4v) is 2.22. The second kappa shape index (κ2) is 8.86. The first kappa shape index (κ1) is 17.7. The van der Waals surface area contributed by atoms with Gasteiger partial charge in [-0.15, -0.1) is 0 Å². The zero-order valence-electron chi connectivity index (χ0n) is 14.3. The lowest BCUT2D eigenvalue weighted by Crippen LogP contribution is -2.38. The van der Waals surface area contributed by atoms with Crippen LogP contribution in [0.5, 0.6) is 5.88 Å². The van der Waals surface area contributed by atoms with Crippen molar-refractivity contribution in [1.29, 1.82) is 0 Å². The van der Waals surface area contributed by atoms with E-state index in [1.807, 2.05) is 31.0 Å². The van der Waals surface area contributed by atoms with E-state index < -0.39 is 0 Å². The summed E-state index contributed by atoms with van der Waals surface area (Å²) in [5.41, 5.74) is 1.85. The molecule has 2 rings (SSSR count). The minimum atomic E-state index is -0.230. The Balaban J connectivity index is 2.07. The van der Waals surface area contributed by atoms with Crippen LogP contribution in [0.3, 0.4) is 0 Å². The number of ether oxygens (including phenoxy) is 1. The SMILES string of the molecule is CCNC(=NCc1cccc(OC)n1)N(C)Cc1ccc(F)cc1. The Morgan fingerprint density at radius 3 is 2.67 bits per heavy atom. The number of guanidine groups is 1. The molecule has 1 N–H and O–H groups in total. The van der Waals surface area contributed by atoms with Crippen molar-refractivity contribution in [2.24, 2.45) is 4.99 Å². The molecule has 0 unspecified atom stereocenters. The molecule has 0 amide bonds. The van der Waals surface area contributed by atoms with Crippen LogP contribution < -0.4 is 10.1 Å². The lowest BCUT2D eigenvalue weighted by atomic mass is 10.2. The zero-order chi connectivity index (χ0) is 17.4. The monoisotopic (exact) mass is 330 g/mol. The third-order valence-electron chi connectivity index (χ3n) is 3.41. The number of methoxy groups -OCH3 is 1. The van der Waals surface area contributed by atoms with Crippen LogP contribution >= 0.6 is 0 Å². The summed E-state index contributed by atoms with van der Waals surface area (Å²) in [6.45, 7) is 3.87. The van der Waals surface area contributed by atoms with Gasteiger partial charge in [-0.25, -0.2) is 14.4 Å². The molecule has 24 heavy (non-hydrogen) atoms. The van der Waals surface area contributed by atoms with Gasteiger partial charge in [0.15, 0.2) is 5.96 Å². The quantitative estimate of drug-likeness (QED) is 0.654. The van der Waals surface area contributed by atoms with E-state index in [-0.39, 0.29) is 5.82 Å². The van der Waals surface area contributed by atoms with E-state index in [9.17, 15) is 4.39 Å². The van der Waals surface area contributed by atoms with Crippen molar-refractivity contribution in [1.82, 2.24) is 15.2 Å². The summed E-state index contributed by atoms with van der Waals surface area (Å²) in [4.78, 5) is 11.0. The standard InChI is InChI=1S/C18H23FN4O/c1-4-20-18(21-12-16-6-5-7-17(22-16)24-3)23(2)13-14-8-10-15(19)11-9-14/h5-11H,4,12-13H2,1-3H3,(H,20,21). The van der Waals surface area contributed by atoms with E-state index in [0.29, 0.717) is 19.0 Å². The summed E-state index contributed by atoms with van der Waals surface area (Å²) in [5.74, 6) is 1.12. The number of aromatic nitrogens is 1. The number of pyridine rings is 1. The van der Waals surface area contributed by atoms with Gasteiger partial charge >= 0.3 is 0 Å². The number of rotatable bonds is 6. The molecule has 0 bridgehead atoms. The van der Waals surface area contributed by atoms with Gasteiger partial charge in [0.1, 0.15) is 5.82 Å². The molecular weight excluding hydrogens is 307 g/mol. The first-order valence-electron chi connectivity index (χ1n) is 7.86. The molecule has 2 aromatic rings. The number of hydrogen-bond donors (Lipinski definition) is 1. The summed E-state index contributed by atoms with van der Waals surface area (Å²) in [6, 6.07) is 12.1. The summed E-state index contributed by atoms with van der Waals surface area (Å²) in [5, 5.41) is 3.26. The molecule has 0 saturated heterocycles. The molecule has 0 spiro atoms. The lowest BCUT2D eigenvalue weighted by molar-refractivity contribution is 0.396. The zero-order valence-corrected chi connectivity index (χ0v) is 14.3. The normalized spacial score (nSPS) is 11.2. The van der Waals surface area contributed by atoms with Crippen molar-refractivity contribution < 1.29 is 9.13 Å². The lowest BCUT2D eigenvalue weighted by Gasteiger charge is -2.22. The fourth-order valence-electron chi connectivity index (χ4n) is 2.22. The molecule has 5 nitrogen and oxygen atoms in total. The van der Waals surface area contributed by atoms with E-state index in [0.717, 1.165) is 23.8 Å². The van der Waals surface area contributed by atoms with Crippen LogP contribution in [-0.2, 0) is 13.1 Å². The van der Waals surface area contributed by atoms with Gasteiger partial charge in [0.25, 0.3) is 0 Å². The first-order chi connectivity index (χ1) is 11.6. The molecule has 0 saturated carbocycles. The fraction of sp³-hybridized carbons (Fsp3) is 0.333. The van der Waals surface area contributed by atoms with Crippen LogP contribution in [0.4, 0.5) is 4.39 Å². The van der Waals surface area contributed by atoms with Crippen LogP contribution in [0.15, 0.2) is 47.5 Å². The highest BCUT2D eigenvalue weighted by Crippen LogP contribution is 2.09. The molecule has 0 radical (unpaired) electrons. The van der Waals surface area contributed by atoms with Crippen molar-refractivity contribution in [3.8, 4) is 5.88 Å². The number of benzene rings is 1. The summed E-state index contributed by atoms with van der Waals surface area (Å²) < 4.78 is 18.1. The maximum absolute atomic E-state index is 13.0. The van der Waals surface area contributed by atoms with Gasteiger partial charge in [-0.3, -0.25) is 0 Å². The van der Waals surface area contributed by atoms with Gasteiger partial charge in [-0.2, -0.15) is 0 Å². The summed E-state index contributed by atoms with van der Waals surface area (Å²) in [7, 11) is 3.54. The predicted molar refractivity (Wildman–Crippen MR) is 93.5 cm³/mol. The van der Waals surface area contributed by atoms with Gasteiger partial charge in [-0.05, 0) is 30.7 Å². The van der Waals surface area contributed by atoms with E-state index in [4.69, 9.17) is 4.74 Å². The molecule has 1 aromatic heterocycles. The van der Waals surface area contributed by atoms with E-state index >= 15 is 0 Å². The second-order valence-electron chi connectivity index (χ2n) is 5.32. The molecule has 128 valence electrons. The Bertz CT molecular complexity index is 673. The van der Waals surface area contributed by atoms with Crippen LogP contribution in [0, 0.1) is 5.82 Å². The van der Waals surface area contributed by atoms with E-state index in [2.05, 4.69) is 15.3 Å². The molecule has 6 heteroatoms. The molecule has 0 aliphatic carbocycles. The molecular formula is C18H23FN4O. The topological polar surface area (TPSA) is 49.8 Å². The maximum Gasteiger partial charge on any atom is 0.213 e. The highest BCUT2D eigenvalue weighted by atomic mass is 19.1. The Kier molecular flexibility index (Phi) is 6.54. The van der Waals surface area contributed by atoms with Crippen molar-refractivity contribution in [2.75, 3.05) is 20.7 Å². The van der Waals surface area contributed by atoms with E-state index in [1.54, 1.807) is 25.3 Å². The number of halogens is 1. The van der Waals surface area contributed by atoms with Gasteiger partial charge in [0.05, 0.1) is 19.3 Å². The van der Waals surface area contributed by atoms with Gasteiger partial charge < -0.3 is 15.0 Å². The largest absolute Gasteiger partial charge is 0.481 e. The molecule has 1 heterocycles. The second-order valence-corrected chi connectivity index (χ2v) is 5.32. The highest BCUT2D eigenvalue weighted by molar-refractivity contribution is 5.79. The van der Waals surface area contributed by atoms with Crippen molar-refractivity contribution in [3.05, 3.63) is 59.5 Å². The Morgan fingerprint density at radius 1 is 1.25 bits per heavy atom. The average Bonchev–Trinajstić information content (AvgIpc) is 2.60. The maximum atomic E-state index is 13.0. The molecule has 1 aromatic carbocycles. The van der Waals surface area contributed by atoms with Gasteiger partial charge in [-0.1, -0.05) is 18.2 Å². The third-order valence-corrected chi connectivity index (χ3v) is 3.41. The van der Waals surface area contributed by atoms with Crippen LogP contribution in [0.1, 0.15) is 18.2 Å². The Hall–Kier alpha value is -2.63. The van der Waals surface area contributed by atoms with Crippen molar-refractivity contribution in [2.45, 2.75) is 20.0 Å². The molecule has 0 aliphatic rings. The number of nitrogens with zero attached hydrogens (tertiary/aromatic N) is 3. The highest BCUT2D eigenvalue weighted by Gasteiger charge is 2.07. The van der Waals surface area contributed by atoms with E-state index in [1.165, 1.54) is 12.1 Å². The molecule has 0 aliphatic heterocycles.